The maximum absolute atomic E-state index is 11.7. The molecule has 0 unspecified atom stereocenters. The van der Waals surface area contributed by atoms with Gasteiger partial charge in [0.1, 0.15) is 0 Å². The monoisotopic (exact) mass is 335 g/mol. The van der Waals surface area contributed by atoms with Crippen LogP contribution in [0.4, 0.5) is 0 Å². The van der Waals surface area contributed by atoms with E-state index in [0.29, 0.717) is 18.1 Å². The Labute approximate surface area is 141 Å². The van der Waals surface area contributed by atoms with E-state index in [2.05, 4.69) is 36.2 Å². The number of nitrogens with one attached hydrogen (secondary N) is 1. The average Bonchev–Trinajstić information content (AvgIpc) is 3.11. The Morgan fingerprint density at radius 2 is 2.13 bits per heavy atom. The van der Waals surface area contributed by atoms with Crippen LogP contribution in [0.25, 0.3) is 10.7 Å². The van der Waals surface area contributed by atoms with Crippen LogP contribution in [0.1, 0.15) is 52.3 Å². The summed E-state index contributed by atoms with van der Waals surface area (Å²) in [7, 11) is 0. The lowest BCUT2D eigenvalue weighted by Gasteiger charge is -2.17. The Hall–Kier alpha value is -1.69. The lowest BCUT2D eigenvalue weighted by molar-refractivity contribution is -0.122. The SMILES string of the molecule is CC(C)(C)CC(=O)NCCCCCc1nc(-c2cccs2)no1. The molecule has 23 heavy (non-hydrogen) atoms. The van der Waals surface area contributed by atoms with Gasteiger partial charge in [0.15, 0.2) is 0 Å². The van der Waals surface area contributed by atoms with Gasteiger partial charge in [-0.25, -0.2) is 0 Å². The highest BCUT2D eigenvalue weighted by atomic mass is 32.1. The van der Waals surface area contributed by atoms with E-state index in [1.165, 1.54) is 0 Å². The summed E-state index contributed by atoms with van der Waals surface area (Å²) in [6.07, 6.45) is 4.35. The van der Waals surface area contributed by atoms with Gasteiger partial charge in [0.25, 0.3) is 0 Å². The molecule has 0 aromatic carbocycles. The van der Waals surface area contributed by atoms with Crippen LogP contribution >= 0.6 is 11.3 Å². The van der Waals surface area contributed by atoms with E-state index in [4.69, 9.17) is 4.52 Å². The number of unbranched alkanes of at least 4 members (excludes halogenated alkanes) is 2. The standard InChI is InChI=1S/C17H25N3O2S/c1-17(2,3)12-14(21)18-10-6-4-5-9-15-19-16(20-22-15)13-8-7-11-23-13/h7-8,11H,4-6,9-10,12H2,1-3H3,(H,18,21). The van der Waals surface area contributed by atoms with E-state index in [9.17, 15) is 4.79 Å². The van der Waals surface area contributed by atoms with Crippen molar-refractivity contribution < 1.29 is 9.32 Å². The van der Waals surface area contributed by atoms with E-state index >= 15 is 0 Å². The fourth-order valence-corrected chi connectivity index (χ4v) is 2.86. The average molecular weight is 335 g/mol. The Bertz CT molecular complexity index is 600. The third-order valence-corrected chi connectivity index (χ3v) is 4.16. The Morgan fingerprint density at radius 1 is 1.30 bits per heavy atom. The van der Waals surface area contributed by atoms with Crippen molar-refractivity contribution in [2.45, 2.75) is 52.9 Å². The number of carbonyl (C=O) groups excluding carboxylic acids is 1. The fourth-order valence-electron chi connectivity index (χ4n) is 2.21. The molecule has 2 aromatic rings. The third-order valence-electron chi connectivity index (χ3n) is 3.29. The zero-order valence-corrected chi connectivity index (χ0v) is 14.9. The zero-order valence-electron chi connectivity index (χ0n) is 14.1. The van der Waals surface area contributed by atoms with E-state index in [0.717, 1.165) is 37.1 Å². The topological polar surface area (TPSA) is 68.0 Å². The van der Waals surface area contributed by atoms with Crippen molar-refractivity contribution in [3.8, 4) is 10.7 Å². The van der Waals surface area contributed by atoms with Crippen molar-refractivity contribution >= 4 is 17.2 Å². The van der Waals surface area contributed by atoms with Crippen molar-refractivity contribution in [1.29, 1.82) is 0 Å². The molecule has 0 radical (unpaired) electrons. The maximum atomic E-state index is 11.7. The van der Waals surface area contributed by atoms with Crippen LogP contribution in [-0.4, -0.2) is 22.6 Å². The minimum Gasteiger partial charge on any atom is -0.356 e. The van der Waals surface area contributed by atoms with Crippen molar-refractivity contribution in [3.05, 3.63) is 23.4 Å². The van der Waals surface area contributed by atoms with Gasteiger partial charge in [0, 0.05) is 19.4 Å². The summed E-state index contributed by atoms with van der Waals surface area (Å²) in [5, 5.41) is 8.97. The molecule has 2 heterocycles. The van der Waals surface area contributed by atoms with Crippen LogP contribution in [0.15, 0.2) is 22.0 Å². The number of rotatable bonds is 8. The van der Waals surface area contributed by atoms with E-state index in [-0.39, 0.29) is 11.3 Å². The summed E-state index contributed by atoms with van der Waals surface area (Å²) in [5.41, 5.74) is 0.0440. The molecular formula is C17H25N3O2S. The maximum Gasteiger partial charge on any atom is 0.226 e. The number of aryl methyl sites for hydroxylation is 1. The van der Waals surface area contributed by atoms with E-state index in [1.807, 2.05) is 17.5 Å². The van der Waals surface area contributed by atoms with Crippen molar-refractivity contribution in [2.75, 3.05) is 6.54 Å². The van der Waals surface area contributed by atoms with Gasteiger partial charge in [0.05, 0.1) is 4.88 Å². The predicted octanol–water partition coefficient (Wildman–Crippen LogP) is 4.06. The van der Waals surface area contributed by atoms with Gasteiger partial charge < -0.3 is 9.84 Å². The molecule has 0 spiro atoms. The first kappa shape index (κ1) is 17.7. The summed E-state index contributed by atoms with van der Waals surface area (Å²) in [6.45, 7) is 6.95. The van der Waals surface area contributed by atoms with E-state index < -0.39 is 0 Å². The second kappa shape index (κ2) is 8.24. The molecule has 0 atom stereocenters. The van der Waals surface area contributed by atoms with Crippen molar-refractivity contribution in [3.63, 3.8) is 0 Å². The number of hydrogen-bond acceptors (Lipinski definition) is 5. The number of carbonyl (C=O) groups is 1. The Morgan fingerprint density at radius 3 is 2.83 bits per heavy atom. The van der Waals surface area contributed by atoms with E-state index in [1.54, 1.807) is 11.3 Å². The summed E-state index contributed by atoms with van der Waals surface area (Å²) in [4.78, 5) is 17.1. The molecule has 2 rings (SSSR count). The molecule has 0 bridgehead atoms. The largest absolute Gasteiger partial charge is 0.356 e. The smallest absolute Gasteiger partial charge is 0.226 e. The second-order valence-electron chi connectivity index (χ2n) is 6.89. The van der Waals surface area contributed by atoms with Crippen LogP contribution in [0.3, 0.4) is 0 Å². The first-order valence-corrected chi connectivity index (χ1v) is 8.95. The van der Waals surface area contributed by atoms with Crippen molar-refractivity contribution in [2.24, 2.45) is 5.41 Å². The molecule has 2 aromatic heterocycles. The van der Waals surface area contributed by atoms with Crippen LogP contribution in [0.5, 0.6) is 0 Å². The van der Waals surface area contributed by atoms with Gasteiger partial charge >= 0.3 is 0 Å². The molecule has 0 saturated heterocycles. The summed E-state index contributed by atoms with van der Waals surface area (Å²) < 4.78 is 5.26. The number of nitrogens with zero attached hydrogens (tertiary/aromatic N) is 2. The molecule has 0 saturated carbocycles. The van der Waals surface area contributed by atoms with Gasteiger partial charge in [0.2, 0.25) is 17.6 Å². The minimum absolute atomic E-state index is 0.0440. The van der Waals surface area contributed by atoms with Gasteiger partial charge in [-0.1, -0.05) is 38.4 Å². The van der Waals surface area contributed by atoms with Gasteiger partial charge in [-0.05, 0) is 29.7 Å². The molecular weight excluding hydrogens is 310 g/mol. The fraction of sp³-hybridized carbons (Fsp3) is 0.588. The highest BCUT2D eigenvalue weighted by Gasteiger charge is 2.15. The summed E-state index contributed by atoms with van der Waals surface area (Å²) in [5.74, 6) is 1.49. The molecule has 0 aliphatic heterocycles. The zero-order chi connectivity index (χ0) is 16.7. The second-order valence-corrected chi connectivity index (χ2v) is 7.83. The molecule has 6 heteroatoms. The molecule has 1 N–H and O–H groups in total. The van der Waals surface area contributed by atoms with Crippen LogP contribution in [-0.2, 0) is 11.2 Å². The van der Waals surface area contributed by atoms with Crippen LogP contribution < -0.4 is 5.32 Å². The number of thiophene rings is 1. The molecule has 126 valence electrons. The third kappa shape index (κ3) is 6.52. The minimum atomic E-state index is 0.0440. The molecule has 0 aliphatic carbocycles. The number of hydrogen-bond donors (Lipinski definition) is 1. The normalized spacial score (nSPS) is 11.6. The predicted molar refractivity (Wildman–Crippen MR) is 92.2 cm³/mol. The Kier molecular flexibility index (Phi) is 6.33. The highest BCUT2D eigenvalue weighted by Crippen LogP contribution is 2.21. The van der Waals surface area contributed by atoms with Crippen LogP contribution in [0, 0.1) is 5.41 Å². The quantitative estimate of drug-likeness (QED) is 0.739. The van der Waals surface area contributed by atoms with Crippen LogP contribution in [0.2, 0.25) is 0 Å². The molecule has 5 nitrogen and oxygen atoms in total. The molecule has 0 fully saturated rings. The first-order valence-electron chi connectivity index (χ1n) is 8.07. The Balaban J connectivity index is 1.58. The number of amides is 1. The molecule has 0 aliphatic rings. The molecule has 1 amide bonds. The summed E-state index contributed by atoms with van der Waals surface area (Å²) >= 11 is 1.61. The van der Waals surface area contributed by atoms with Gasteiger partial charge in [-0.3, -0.25) is 4.79 Å². The van der Waals surface area contributed by atoms with Gasteiger partial charge in [-0.15, -0.1) is 11.3 Å². The lowest BCUT2D eigenvalue weighted by Crippen LogP contribution is -2.28. The number of aromatic nitrogens is 2. The highest BCUT2D eigenvalue weighted by molar-refractivity contribution is 7.13. The lowest BCUT2D eigenvalue weighted by atomic mass is 9.92. The first-order chi connectivity index (χ1) is 10.9. The van der Waals surface area contributed by atoms with Gasteiger partial charge in [-0.2, -0.15) is 4.98 Å². The van der Waals surface area contributed by atoms with Crippen molar-refractivity contribution in [1.82, 2.24) is 15.5 Å². The summed E-state index contributed by atoms with van der Waals surface area (Å²) in [6, 6.07) is 3.96.